The molecule has 1 aromatic heterocycles. The predicted molar refractivity (Wildman–Crippen MR) is 115 cm³/mol. The molecule has 3 aliphatic rings. The van der Waals surface area contributed by atoms with Crippen molar-refractivity contribution in [3.05, 3.63) is 53.5 Å². The van der Waals surface area contributed by atoms with Crippen molar-refractivity contribution in [2.75, 3.05) is 44.2 Å². The van der Waals surface area contributed by atoms with Crippen LogP contribution in [0.2, 0.25) is 0 Å². The number of nitrogens with zero attached hydrogens (tertiary/aromatic N) is 3. The van der Waals surface area contributed by atoms with Crippen molar-refractivity contribution in [2.24, 2.45) is 0 Å². The molecule has 1 aromatic carbocycles. The number of aryl methyl sites for hydroxylation is 2. The molecule has 2 aromatic rings. The van der Waals surface area contributed by atoms with Crippen LogP contribution < -0.4 is 4.90 Å². The van der Waals surface area contributed by atoms with Gasteiger partial charge in [-0.3, -0.25) is 9.69 Å². The highest BCUT2D eigenvalue weighted by Crippen LogP contribution is 2.29. The second-order valence-electron chi connectivity index (χ2n) is 8.72. The van der Waals surface area contributed by atoms with Crippen LogP contribution in [0.25, 0.3) is 0 Å². The van der Waals surface area contributed by atoms with Crippen molar-refractivity contribution in [1.29, 1.82) is 0 Å². The Morgan fingerprint density at radius 1 is 0.897 bits per heavy atom. The zero-order valence-electron chi connectivity index (χ0n) is 17.2. The lowest BCUT2D eigenvalue weighted by Crippen LogP contribution is -2.46. The average Bonchev–Trinajstić information content (AvgIpc) is 3.40. The van der Waals surface area contributed by atoms with Gasteiger partial charge in [0.1, 0.15) is 6.26 Å². The van der Waals surface area contributed by atoms with E-state index < -0.39 is 0 Å². The summed E-state index contributed by atoms with van der Waals surface area (Å²) in [6, 6.07) is 9.53. The zero-order chi connectivity index (χ0) is 19.6. The minimum atomic E-state index is 0.104. The molecule has 0 radical (unpaired) electrons. The van der Waals surface area contributed by atoms with Crippen LogP contribution in [0.5, 0.6) is 0 Å². The van der Waals surface area contributed by atoms with Gasteiger partial charge in [-0.1, -0.05) is 6.07 Å². The topological polar surface area (TPSA) is 39.9 Å². The number of anilines is 1. The number of hydrogen-bond donors (Lipinski definition) is 0. The lowest BCUT2D eigenvalue weighted by atomic mass is 10.0. The van der Waals surface area contributed by atoms with E-state index in [4.69, 9.17) is 4.42 Å². The zero-order valence-corrected chi connectivity index (χ0v) is 17.2. The molecule has 2 aliphatic heterocycles. The maximum atomic E-state index is 12.6. The first-order valence-electron chi connectivity index (χ1n) is 11.2. The van der Waals surface area contributed by atoms with Gasteiger partial charge in [0.2, 0.25) is 0 Å². The van der Waals surface area contributed by atoms with Crippen LogP contribution >= 0.6 is 0 Å². The summed E-state index contributed by atoms with van der Waals surface area (Å²) in [4.78, 5) is 19.8. The van der Waals surface area contributed by atoms with Crippen LogP contribution in [0.1, 0.15) is 47.2 Å². The van der Waals surface area contributed by atoms with Crippen LogP contribution in [0, 0.1) is 0 Å². The van der Waals surface area contributed by atoms with E-state index in [9.17, 15) is 4.79 Å². The Morgan fingerprint density at radius 2 is 1.76 bits per heavy atom. The highest BCUT2D eigenvalue weighted by molar-refractivity contribution is 5.93. The summed E-state index contributed by atoms with van der Waals surface area (Å²) in [5, 5.41) is 0. The van der Waals surface area contributed by atoms with Crippen molar-refractivity contribution >= 4 is 11.6 Å². The first-order chi connectivity index (χ1) is 14.3. The molecule has 29 heavy (non-hydrogen) atoms. The number of rotatable bonds is 3. The molecule has 5 rings (SSSR count). The Labute approximate surface area is 173 Å². The Hall–Kier alpha value is -2.27. The van der Waals surface area contributed by atoms with Gasteiger partial charge in [0.15, 0.2) is 0 Å². The fourth-order valence-corrected chi connectivity index (χ4v) is 5.32. The van der Waals surface area contributed by atoms with E-state index in [1.54, 1.807) is 29.7 Å². The van der Waals surface area contributed by atoms with Crippen molar-refractivity contribution in [1.82, 2.24) is 9.80 Å². The fraction of sp³-hybridized carbons (Fsp3) is 0.542. The number of hydrogen-bond acceptors (Lipinski definition) is 4. The molecule has 0 bridgehead atoms. The van der Waals surface area contributed by atoms with Crippen molar-refractivity contribution in [2.45, 2.75) is 44.6 Å². The number of amides is 1. The van der Waals surface area contributed by atoms with Gasteiger partial charge in [-0.05, 0) is 67.9 Å². The smallest absolute Gasteiger partial charge is 0.257 e. The number of carbonyl (C=O) groups is 1. The molecular formula is C24H31N3O2. The molecule has 154 valence electrons. The summed E-state index contributed by atoms with van der Waals surface area (Å²) in [6.07, 6.45) is 10.4. The third-order valence-electron chi connectivity index (χ3n) is 7.01. The first kappa shape index (κ1) is 18.7. The van der Waals surface area contributed by atoms with E-state index in [-0.39, 0.29) is 5.91 Å². The number of benzene rings is 1. The number of carbonyl (C=O) groups excluding carboxylic acids is 1. The molecule has 1 amide bonds. The normalized spacial score (nSPS) is 21.2. The van der Waals surface area contributed by atoms with Gasteiger partial charge in [-0.2, -0.15) is 0 Å². The summed E-state index contributed by atoms with van der Waals surface area (Å²) in [5.74, 6) is 0.104. The second-order valence-corrected chi connectivity index (χ2v) is 8.72. The van der Waals surface area contributed by atoms with E-state index in [1.807, 2.05) is 4.90 Å². The van der Waals surface area contributed by atoms with Gasteiger partial charge < -0.3 is 14.2 Å². The van der Waals surface area contributed by atoms with E-state index in [2.05, 4.69) is 28.0 Å². The Bertz CT molecular complexity index is 840. The van der Waals surface area contributed by atoms with Gasteiger partial charge >= 0.3 is 0 Å². The molecule has 1 aliphatic carbocycles. The van der Waals surface area contributed by atoms with Crippen LogP contribution in [0.15, 0.2) is 41.2 Å². The molecular weight excluding hydrogens is 362 g/mol. The second kappa shape index (κ2) is 8.23. The average molecular weight is 394 g/mol. The van der Waals surface area contributed by atoms with Crippen molar-refractivity contribution in [3.63, 3.8) is 0 Å². The maximum absolute atomic E-state index is 12.6. The lowest BCUT2D eigenvalue weighted by Gasteiger charge is -2.39. The van der Waals surface area contributed by atoms with Gasteiger partial charge in [0.05, 0.1) is 11.8 Å². The van der Waals surface area contributed by atoms with Crippen molar-refractivity contribution in [3.8, 4) is 0 Å². The third kappa shape index (κ3) is 3.93. The van der Waals surface area contributed by atoms with Gasteiger partial charge in [-0.15, -0.1) is 0 Å². The number of fused-ring (bicyclic) bond motifs is 1. The molecule has 2 saturated heterocycles. The third-order valence-corrected chi connectivity index (χ3v) is 7.01. The Kier molecular flexibility index (Phi) is 5.32. The highest BCUT2D eigenvalue weighted by atomic mass is 16.3. The lowest BCUT2D eigenvalue weighted by molar-refractivity contribution is 0.0755. The summed E-state index contributed by atoms with van der Waals surface area (Å²) in [7, 11) is 0. The molecule has 5 nitrogen and oxygen atoms in total. The highest BCUT2D eigenvalue weighted by Gasteiger charge is 2.28. The molecule has 0 atom stereocenters. The Morgan fingerprint density at radius 3 is 2.59 bits per heavy atom. The SMILES string of the molecule is O=C(c1ccoc1)N1CCCN(C2CCN(c3ccc4c(c3)CCC4)CC2)CC1. The molecule has 0 unspecified atom stereocenters. The van der Waals surface area contributed by atoms with Crippen LogP contribution in [0.3, 0.4) is 0 Å². The van der Waals surface area contributed by atoms with E-state index >= 15 is 0 Å². The summed E-state index contributed by atoms with van der Waals surface area (Å²) < 4.78 is 5.08. The first-order valence-corrected chi connectivity index (χ1v) is 11.2. The minimum absolute atomic E-state index is 0.104. The largest absolute Gasteiger partial charge is 0.472 e. The van der Waals surface area contributed by atoms with Gasteiger partial charge in [0, 0.05) is 51.0 Å². The fourth-order valence-electron chi connectivity index (χ4n) is 5.32. The molecule has 0 spiro atoms. The monoisotopic (exact) mass is 393 g/mol. The maximum Gasteiger partial charge on any atom is 0.257 e. The van der Waals surface area contributed by atoms with Crippen molar-refractivity contribution < 1.29 is 9.21 Å². The van der Waals surface area contributed by atoms with Crippen LogP contribution in [-0.4, -0.2) is 61.0 Å². The number of piperidine rings is 1. The molecule has 0 saturated carbocycles. The molecule has 2 fully saturated rings. The van der Waals surface area contributed by atoms with E-state index in [0.717, 1.165) is 45.7 Å². The Balaban J connectivity index is 1.15. The summed E-state index contributed by atoms with van der Waals surface area (Å²) >= 11 is 0. The predicted octanol–water partition coefficient (Wildman–Crippen LogP) is 3.59. The molecule has 0 N–H and O–H groups in total. The summed E-state index contributed by atoms with van der Waals surface area (Å²) in [6.45, 7) is 6.00. The molecule has 5 heteroatoms. The van der Waals surface area contributed by atoms with E-state index in [0.29, 0.717) is 11.6 Å². The quantitative estimate of drug-likeness (QED) is 0.799. The van der Waals surface area contributed by atoms with Gasteiger partial charge in [-0.25, -0.2) is 0 Å². The number of furan rings is 1. The van der Waals surface area contributed by atoms with Gasteiger partial charge in [0.25, 0.3) is 5.91 Å². The van der Waals surface area contributed by atoms with E-state index in [1.165, 1.54) is 37.8 Å². The molecule has 3 heterocycles. The standard InChI is InChI=1S/C24H31N3O2/c28-24(21-9-16-29-18-21)27-11-2-10-25(14-15-27)22-7-12-26(13-8-22)23-6-5-19-3-1-4-20(19)17-23/h5-6,9,16-18,22H,1-4,7-8,10-15H2. The van der Waals surface area contributed by atoms with Crippen LogP contribution in [0.4, 0.5) is 5.69 Å². The van der Waals surface area contributed by atoms with Crippen LogP contribution in [-0.2, 0) is 12.8 Å². The summed E-state index contributed by atoms with van der Waals surface area (Å²) in [5.41, 5.74) is 5.21. The minimum Gasteiger partial charge on any atom is -0.472 e.